The minimum Gasteiger partial charge on any atom is -0.468 e. The summed E-state index contributed by atoms with van der Waals surface area (Å²) >= 11 is 1.23. The maximum absolute atomic E-state index is 11.2. The molecule has 5 nitrogen and oxygen atoms in total. The van der Waals surface area contributed by atoms with Crippen LogP contribution in [0.4, 0.5) is 0 Å². The van der Waals surface area contributed by atoms with Gasteiger partial charge in [-0.2, -0.15) is 10.2 Å². The number of aromatic amines is 1. The first-order chi connectivity index (χ1) is 6.22. The molecular weight excluding hydrogens is 190 g/mol. The van der Waals surface area contributed by atoms with E-state index in [4.69, 9.17) is 10.00 Å². The number of aromatic nitrogens is 2. The second kappa shape index (κ2) is 3.96. The summed E-state index contributed by atoms with van der Waals surface area (Å²) in [5.74, 6) is 0. The van der Waals surface area contributed by atoms with Crippen LogP contribution < -0.4 is 10.3 Å². The number of thioether (sulfide) groups is 1. The van der Waals surface area contributed by atoms with Gasteiger partial charge in [-0.1, -0.05) is 0 Å². The minimum atomic E-state index is -0.473. The molecule has 0 aliphatic carbocycles. The molecule has 1 N–H and O–H groups in total. The van der Waals surface area contributed by atoms with E-state index in [1.165, 1.54) is 18.9 Å². The number of rotatable bonds is 2. The van der Waals surface area contributed by atoms with E-state index in [1.54, 1.807) is 12.3 Å². The summed E-state index contributed by atoms with van der Waals surface area (Å²) in [4.78, 5) is 17.4. The summed E-state index contributed by atoms with van der Waals surface area (Å²) in [6.45, 7) is 0. The first kappa shape index (κ1) is 9.61. The predicted molar refractivity (Wildman–Crippen MR) is 47.9 cm³/mol. The first-order valence-electron chi connectivity index (χ1n) is 3.35. The Morgan fingerprint density at radius 2 is 2.38 bits per heavy atom. The highest BCUT2D eigenvalue weighted by Crippen LogP contribution is 2.15. The Morgan fingerprint density at radius 3 is 2.85 bits per heavy atom. The van der Waals surface area contributed by atoms with Crippen molar-refractivity contribution in [2.24, 2.45) is 0 Å². The normalized spacial score (nSPS) is 9.31. The molecule has 0 bridgehead atoms. The van der Waals surface area contributed by atoms with Crippen molar-refractivity contribution in [1.82, 2.24) is 9.97 Å². The zero-order valence-corrected chi connectivity index (χ0v) is 7.94. The second-order valence-electron chi connectivity index (χ2n) is 2.07. The highest BCUT2D eigenvalue weighted by molar-refractivity contribution is 7.98. The lowest BCUT2D eigenvalue weighted by atomic mass is 10.4. The average molecular weight is 197 g/mol. The lowest BCUT2D eigenvalue weighted by Crippen LogP contribution is -2.14. The number of hydrogen-bond donors (Lipinski definition) is 1. The van der Waals surface area contributed by atoms with Crippen molar-refractivity contribution >= 4 is 11.8 Å². The number of H-pyrrole nitrogens is 1. The van der Waals surface area contributed by atoms with Crippen LogP contribution in [-0.2, 0) is 0 Å². The fourth-order valence-electron chi connectivity index (χ4n) is 0.776. The van der Waals surface area contributed by atoms with Crippen molar-refractivity contribution in [2.45, 2.75) is 5.03 Å². The van der Waals surface area contributed by atoms with Crippen LogP contribution in [0.15, 0.2) is 9.82 Å². The molecule has 0 amide bonds. The zero-order chi connectivity index (χ0) is 9.84. The van der Waals surface area contributed by atoms with Crippen molar-refractivity contribution in [3.8, 4) is 12.1 Å². The predicted octanol–water partition coefficient (Wildman–Crippen LogP) is 0.372. The van der Waals surface area contributed by atoms with Gasteiger partial charge < -0.3 is 4.74 Å². The van der Waals surface area contributed by atoms with Crippen LogP contribution in [0.25, 0.3) is 0 Å². The molecule has 0 saturated carbocycles. The molecule has 68 valence electrons. The topological polar surface area (TPSA) is 78.8 Å². The minimum absolute atomic E-state index is 0.0216. The van der Waals surface area contributed by atoms with E-state index in [0.29, 0.717) is 5.03 Å². The quantitative estimate of drug-likeness (QED) is 0.547. The molecule has 0 radical (unpaired) electrons. The van der Waals surface area contributed by atoms with Crippen LogP contribution >= 0.6 is 11.8 Å². The Kier molecular flexibility index (Phi) is 2.93. The second-order valence-corrected chi connectivity index (χ2v) is 2.87. The van der Waals surface area contributed by atoms with Gasteiger partial charge in [0.05, 0.1) is 7.11 Å². The SMILES string of the molecule is COc1nc(SC)c(C#N)c(=O)[nH]1. The Bertz CT molecular complexity index is 407. The maximum atomic E-state index is 11.2. The summed E-state index contributed by atoms with van der Waals surface area (Å²) in [5.41, 5.74) is -0.452. The fraction of sp³-hybridized carbons (Fsp3) is 0.286. The smallest absolute Gasteiger partial charge is 0.297 e. The molecule has 0 aliphatic heterocycles. The van der Waals surface area contributed by atoms with Crippen molar-refractivity contribution in [3.05, 3.63) is 15.9 Å². The van der Waals surface area contributed by atoms with Crippen molar-refractivity contribution in [3.63, 3.8) is 0 Å². The Balaban J connectivity index is 3.40. The first-order valence-corrected chi connectivity index (χ1v) is 4.57. The van der Waals surface area contributed by atoms with Crippen molar-refractivity contribution < 1.29 is 4.74 Å². The summed E-state index contributed by atoms with van der Waals surface area (Å²) in [6, 6.07) is 1.90. The van der Waals surface area contributed by atoms with Crippen molar-refractivity contribution in [2.75, 3.05) is 13.4 Å². The summed E-state index contributed by atoms with van der Waals surface area (Å²) < 4.78 is 4.75. The highest BCUT2D eigenvalue weighted by atomic mass is 32.2. The molecule has 1 heterocycles. The lowest BCUT2D eigenvalue weighted by molar-refractivity contribution is 0.374. The van der Waals surface area contributed by atoms with Gasteiger partial charge in [0.2, 0.25) is 0 Å². The molecule has 0 fully saturated rings. The number of methoxy groups -OCH3 is 1. The summed E-state index contributed by atoms with van der Waals surface area (Å²) in [5, 5.41) is 9.01. The van der Waals surface area contributed by atoms with Crippen LogP contribution in [0.5, 0.6) is 6.01 Å². The third-order valence-corrected chi connectivity index (χ3v) is 2.05. The van der Waals surface area contributed by atoms with E-state index in [0.717, 1.165) is 0 Å². The van der Waals surface area contributed by atoms with Gasteiger partial charge in [0.1, 0.15) is 16.7 Å². The number of ether oxygens (including phenoxy) is 1. The van der Waals surface area contributed by atoms with Crippen LogP contribution in [0.3, 0.4) is 0 Å². The molecule has 0 unspecified atom stereocenters. The molecule has 0 aromatic carbocycles. The zero-order valence-electron chi connectivity index (χ0n) is 7.12. The molecule has 1 rings (SSSR count). The van der Waals surface area contributed by atoms with E-state index in [-0.39, 0.29) is 11.6 Å². The standard InChI is InChI=1S/C7H7N3O2S/c1-12-7-9-5(11)4(3-8)6(10-7)13-2/h1-2H3,(H,9,10,11). The Labute approximate surface area is 78.8 Å². The Morgan fingerprint density at radius 1 is 1.69 bits per heavy atom. The monoisotopic (exact) mass is 197 g/mol. The third-order valence-electron chi connectivity index (χ3n) is 1.36. The maximum Gasteiger partial charge on any atom is 0.297 e. The number of nitriles is 1. The molecule has 1 aromatic rings. The van der Waals surface area contributed by atoms with Gasteiger partial charge in [-0.05, 0) is 6.26 Å². The van der Waals surface area contributed by atoms with Crippen LogP contribution in [0, 0.1) is 11.3 Å². The van der Waals surface area contributed by atoms with Crippen LogP contribution in [-0.4, -0.2) is 23.3 Å². The van der Waals surface area contributed by atoms with Gasteiger partial charge in [-0.3, -0.25) is 9.78 Å². The van der Waals surface area contributed by atoms with Gasteiger partial charge in [0, 0.05) is 0 Å². The van der Waals surface area contributed by atoms with E-state index in [9.17, 15) is 4.79 Å². The van der Waals surface area contributed by atoms with Gasteiger partial charge in [0.15, 0.2) is 0 Å². The summed E-state index contributed by atoms with van der Waals surface area (Å²) in [7, 11) is 1.40. The third kappa shape index (κ3) is 1.81. The van der Waals surface area contributed by atoms with Gasteiger partial charge in [-0.25, -0.2) is 0 Å². The molecule has 1 aromatic heterocycles. The molecule has 0 saturated heterocycles. The molecule has 0 aliphatic rings. The number of nitrogens with one attached hydrogen (secondary N) is 1. The molecule has 0 atom stereocenters. The van der Waals surface area contributed by atoms with Gasteiger partial charge >= 0.3 is 0 Å². The van der Waals surface area contributed by atoms with Gasteiger partial charge in [-0.15, -0.1) is 11.8 Å². The molecule has 6 heteroatoms. The largest absolute Gasteiger partial charge is 0.468 e. The van der Waals surface area contributed by atoms with Crippen LogP contribution in [0.1, 0.15) is 5.56 Å². The lowest BCUT2D eigenvalue weighted by Gasteiger charge is -2.01. The van der Waals surface area contributed by atoms with E-state index in [2.05, 4.69) is 9.97 Å². The Hall–Kier alpha value is -1.48. The number of hydrogen-bond acceptors (Lipinski definition) is 5. The molecular formula is C7H7N3O2S. The van der Waals surface area contributed by atoms with E-state index < -0.39 is 5.56 Å². The van der Waals surface area contributed by atoms with E-state index in [1.807, 2.05) is 0 Å². The molecule has 0 spiro atoms. The van der Waals surface area contributed by atoms with Gasteiger partial charge in [0.25, 0.3) is 11.6 Å². The fourth-order valence-corrected chi connectivity index (χ4v) is 1.29. The highest BCUT2D eigenvalue weighted by Gasteiger charge is 2.09. The average Bonchev–Trinajstić information content (AvgIpc) is 2.16. The van der Waals surface area contributed by atoms with Crippen LogP contribution in [0.2, 0.25) is 0 Å². The van der Waals surface area contributed by atoms with Crippen molar-refractivity contribution in [1.29, 1.82) is 5.26 Å². The summed E-state index contributed by atoms with van der Waals surface area (Å²) in [6.07, 6.45) is 1.74. The molecule has 13 heavy (non-hydrogen) atoms. The number of nitrogens with zero attached hydrogens (tertiary/aromatic N) is 2. The van der Waals surface area contributed by atoms with E-state index >= 15 is 0 Å².